The van der Waals surface area contributed by atoms with Gasteiger partial charge in [-0.25, -0.2) is 9.48 Å². The van der Waals surface area contributed by atoms with Crippen LogP contribution in [-0.4, -0.2) is 26.8 Å². The molecular weight excluding hydrogens is 276 g/mol. The summed E-state index contributed by atoms with van der Waals surface area (Å²) in [6.45, 7) is 3.62. The summed E-state index contributed by atoms with van der Waals surface area (Å²) in [5, 5.41) is 4.39. The molecule has 112 valence electrons. The number of benzene rings is 1. The van der Waals surface area contributed by atoms with Gasteiger partial charge in [0.2, 0.25) is 0 Å². The van der Waals surface area contributed by atoms with Crippen molar-refractivity contribution in [3.05, 3.63) is 64.7 Å². The summed E-state index contributed by atoms with van der Waals surface area (Å²) in [4.78, 5) is 14.7. The number of fused-ring (bicyclic) bond motifs is 2. The van der Waals surface area contributed by atoms with Gasteiger partial charge in [0.05, 0.1) is 6.54 Å². The number of anilines is 1. The van der Waals surface area contributed by atoms with Crippen LogP contribution < -0.4 is 10.6 Å². The lowest BCUT2D eigenvalue weighted by Crippen LogP contribution is -2.35. The topological polar surface area (TPSA) is 42.5 Å². The highest BCUT2D eigenvalue weighted by Gasteiger charge is 2.25. The predicted molar refractivity (Wildman–Crippen MR) is 86.4 cm³/mol. The highest BCUT2D eigenvalue weighted by Crippen LogP contribution is 2.31. The van der Waals surface area contributed by atoms with Crippen molar-refractivity contribution in [2.45, 2.75) is 25.9 Å². The summed E-state index contributed by atoms with van der Waals surface area (Å²) in [6.07, 6.45) is 2.82. The monoisotopic (exact) mass is 294 g/mol. The van der Waals surface area contributed by atoms with Crippen LogP contribution in [0.2, 0.25) is 0 Å². The number of para-hydroxylation sites is 1. The molecule has 3 heterocycles. The molecule has 1 unspecified atom stereocenters. The van der Waals surface area contributed by atoms with E-state index in [1.54, 1.807) is 15.3 Å². The Hall–Kier alpha value is -2.56. The maximum atomic E-state index is 12.3. The number of aromatic nitrogens is 3. The van der Waals surface area contributed by atoms with Crippen LogP contribution in [0.5, 0.6) is 0 Å². The van der Waals surface area contributed by atoms with Crippen molar-refractivity contribution in [1.82, 2.24) is 14.2 Å². The van der Waals surface area contributed by atoms with Crippen LogP contribution in [0.4, 0.5) is 5.69 Å². The Morgan fingerprint density at radius 3 is 2.82 bits per heavy atom. The van der Waals surface area contributed by atoms with Gasteiger partial charge in [-0.05, 0) is 37.1 Å². The number of hydrogen-bond acceptors (Lipinski definition) is 3. The molecule has 5 nitrogen and oxygen atoms in total. The zero-order chi connectivity index (χ0) is 15.1. The Balaban J connectivity index is 1.60. The van der Waals surface area contributed by atoms with Crippen molar-refractivity contribution in [1.29, 1.82) is 0 Å². The van der Waals surface area contributed by atoms with E-state index in [-0.39, 0.29) is 5.69 Å². The molecule has 0 spiro atoms. The van der Waals surface area contributed by atoms with E-state index in [4.69, 9.17) is 0 Å². The molecule has 1 atom stereocenters. The Morgan fingerprint density at radius 1 is 1.14 bits per heavy atom. The van der Waals surface area contributed by atoms with E-state index in [1.807, 2.05) is 18.2 Å². The Bertz CT molecular complexity index is 879. The fraction of sp³-hybridized carbons (Fsp3) is 0.294. The minimum atomic E-state index is -0.0734. The van der Waals surface area contributed by atoms with E-state index in [0.29, 0.717) is 18.2 Å². The molecule has 0 N–H and O–H groups in total. The first-order chi connectivity index (χ1) is 10.7. The Kier molecular flexibility index (Phi) is 2.99. The lowest BCUT2D eigenvalue weighted by Gasteiger charge is -2.24. The summed E-state index contributed by atoms with van der Waals surface area (Å²) < 4.78 is 3.14. The molecule has 3 aromatic rings. The Labute approximate surface area is 128 Å². The minimum Gasteiger partial charge on any atom is -0.366 e. The molecule has 0 fully saturated rings. The second-order valence-electron chi connectivity index (χ2n) is 5.81. The first-order valence-corrected chi connectivity index (χ1v) is 7.63. The normalized spacial score (nSPS) is 17.1. The minimum absolute atomic E-state index is 0.0734. The van der Waals surface area contributed by atoms with Crippen LogP contribution in [0, 0.1) is 0 Å². The molecule has 0 radical (unpaired) electrons. The standard InChI is InChI=1S/C17H18N4O/c1-13-12-14-6-2-3-7-15(14)19(13)10-11-21-17(22)20-9-5-4-8-16(20)18-21/h2-9,13H,10-12H2,1H3. The van der Waals surface area contributed by atoms with Crippen molar-refractivity contribution < 1.29 is 0 Å². The second kappa shape index (κ2) is 5.02. The molecule has 4 rings (SSSR count). The van der Waals surface area contributed by atoms with Crippen molar-refractivity contribution in [3.63, 3.8) is 0 Å². The summed E-state index contributed by atoms with van der Waals surface area (Å²) >= 11 is 0. The quantitative estimate of drug-likeness (QED) is 0.741. The molecule has 1 aromatic carbocycles. The van der Waals surface area contributed by atoms with Gasteiger partial charge in [0, 0.05) is 24.5 Å². The maximum absolute atomic E-state index is 12.3. The number of nitrogens with zero attached hydrogens (tertiary/aromatic N) is 4. The van der Waals surface area contributed by atoms with E-state index in [0.717, 1.165) is 13.0 Å². The molecule has 0 aliphatic carbocycles. The van der Waals surface area contributed by atoms with Gasteiger partial charge in [-0.1, -0.05) is 24.3 Å². The van der Waals surface area contributed by atoms with Crippen LogP contribution in [0.15, 0.2) is 53.5 Å². The average Bonchev–Trinajstić information content (AvgIpc) is 3.03. The summed E-state index contributed by atoms with van der Waals surface area (Å²) in [5.74, 6) is 0. The molecule has 0 amide bonds. The van der Waals surface area contributed by atoms with Crippen LogP contribution in [0.1, 0.15) is 12.5 Å². The summed E-state index contributed by atoms with van der Waals surface area (Å²) in [7, 11) is 0. The van der Waals surface area contributed by atoms with Crippen LogP contribution in [-0.2, 0) is 13.0 Å². The lowest BCUT2D eigenvalue weighted by molar-refractivity contribution is 0.555. The third kappa shape index (κ3) is 2.01. The Morgan fingerprint density at radius 2 is 1.95 bits per heavy atom. The predicted octanol–water partition coefficient (Wildman–Crippen LogP) is 1.95. The fourth-order valence-electron chi connectivity index (χ4n) is 3.29. The van der Waals surface area contributed by atoms with Crippen molar-refractivity contribution in [2.75, 3.05) is 11.4 Å². The largest absolute Gasteiger partial charge is 0.366 e. The van der Waals surface area contributed by atoms with Gasteiger partial charge in [0.1, 0.15) is 0 Å². The van der Waals surface area contributed by atoms with Gasteiger partial charge < -0.3 is 4.90 Å². The zero-order valence-corrected chi connectivity index (χ0v) is 12.5. The highest BCUT2D eigenvalue weighted by atomic mass is 16.2. The van der Waals surface area contributed by atoms with Crippen LogP contribution in [0.3, 0.4) is 0 Å². The lowest BCUT2D eigenvalue weighted by atomic mass is 10.1. The van der Waals surface area contributed by atoms with Crippen LogP contribution >= 0.6 is 0 Å². The SMILES string of the molecule is CC1Cc2ccccc2N1CCn1nc2ccccn2c1=O. The molecule has 5 heteroatoms. The summed E-state index contributed by atoms with van der Waals surface area (Å²) in [5.41, 5.74) is 3.29. The van der Waals surface area contributed by atoms with Gasteiger partial charge in [-0.3, -0.25) is 4.40 Å². The smallest absolute Gasteiger partial charge is 0.350 e. The van der Waals surface area contributed by atoms with E-state index >= 15 is 0 Å². The first kappa shape index (κ1) is 13.1. The van der Waals surface area contributed by atoms with Crippen molar-refractivity contribution >= 4 is 11.3 Å². The van der Waals surface area contributed by atoms with Crippen LogP contribution in [0.25, 0.3) is 5.65 Å². The molecule has 1 aliphatic rings. The third-order valence-corrected chi connectivity index (χ3v) is 4.39. The van der Waals surface area contributed by atoms with Gasteiger partial charge in [-0.15, -0.1) is 5.10 Å². The third-order valence-electron chi connectivity index (χ3n) is 4.39. The molecule has 22 heavy (non-hydrogen) atoms. The average molecular weight is 294 g/mol. The van der Waals surface area contributed by atoms with Gasteiger partial charge in [0.25, 0.3) is 0 Å². The van der Waals surface area contributed by atoms with Crippen molar-refractivity contribution in [2.24, 2.45) is 0 Å². The van der Waals surface area contributed by atoms with Gasteiger partial charge >= 0.3 is 5.69 Å². The first-order valence-electron chi connectivity index (χ1n) is 7.63. The van der Waals surface area contributed by atoms with Gasteiger partial charge in [0.15, 0.2) is 5.65 Å². The molecule has 0 saturated carbocycles. The number of rotatable bonds is 3. The van der Waals surface area contributed by atoms with E-state index < -0.39 is 0 Å². The van der Waals surface area contributed by atoms with E-state index in [1.165, 1.54) is 11.3 Å². The van der Waals surface area contributed by atoms with Crippen molar-refractivity contribution in [3.8, 4) is 0 Å². The summed E-state index contributed by atoms with van der Waals surface area (Å²) in [6, 6.07) is 14.6. The number of hydrogen-bond donors (Lipinski definition) is 0. The fourth-order valence-corrected chi connectivity index (χ4v) is 3.29. The zero-order valence-electron chi connectivity index (χ0n) is 12.5. The van der Waals surface area contributed by atoms with E-state index in [9.17, 15) is 4.79 Å². The van der Waals surface area contributed by atoms with Gasteiger partial charge in [-0.2, -0.15) is 0 Å². The second-order valence-corrected chi connectivity index (χ2v) is 5.81. The molecule has 1 aliphatic heterocycles. The molecular formula is C17H18N4O. The highest BCUT2D eigenvalue weighted by molar-refractivity contribution is 5.59. The number of pyridine rings is 1. The molecule has 0 bridgehead atoms. The maximum Gasteiger partial charge on any atom is 0.350 e. The molecule has 0 saturated heterocycles. The molecule has 2 aromatic heterocycles. The van der Waals surface area contributed by atoms with E-state index in [2.05, 4.69) is 41.2 Å².